The van der Waals surface area contributed by atoms with Crippen LogP contribution in [0.4, 0.5) is 5.69 Å². The predicted octanol–water partition coefficient (Wildman–Crippen LogP) is 3.18. The van der Waals surface area contributed by atoms with Gasteiger partial charge in [0.1, 0.15) is 0 Å². The van der Waals surface area contributed by atoms with Gasteiger partial charge in [0.2, 0.25) is 11.8 Å². The van der Waals surface area contributed by atoms with Crippen LogP contribution in [0.3, 0.4) is 0 Å². The summed E-state index contributed by atoms with van der Waals surface area (Å²) in [6.07, 6.45) is 0.262. The highest BCUT2D eigenvalue weighted by Crippen LogP contribution is 2.31. The number of nitrogens with zero attached hydrogens (tertiary/aromatic N) is 1. The Kier molecular flexibility index (Phi) is 4.59. The zero-order valence-corrected chi connectivity index (χ0v) is 14.2. The fraction of sp³-hybridized carbons (Fsp3) is 0.250. The van der Waals surface area contributed by atoms with Crippen molar-refractivity contribution in [2.75, 3.05) is 11.4 Å². The van der Waals surface area contributed by atoms with Gasteiger partial charge in [-0.3, -0.25) is 9.59 Å². The largest absolute Gasteiger partial charge is 0.351 e. The van der Waals surface area contributed by atoms with Crippen LogP contribution >= 0.6 is 27.3 Å². The number of rotatable bonds is 4. The van der Waals surface area contributed by atoms with Crippen LogP contribution in [0, 0.1) is 5.92 Å². The maximum absolute atomic E-state index is 12.3. The van der Waals surface area contributed by atoms with Crippen molar-refractivity contribution in [1.82, 2.24) is 5.32 Å². The van der Waals surface area contributed by atoms with Crippen molar-refractivity contribution in [3.63, 3.8) is 0 Å². The average molecular weight is 379 g/mol. The molecule has 1 aliphatic heterocycles. The van der Waals surface area contributed by atoms with Gasteiger partial charge in [-0.15, -0.1) is 11.3 Å². The van der Waals surface area contributed by atoms with E-state index in [1.165, 1.54) is 0 Å². The highest BCUT2D eigenvalue weighted by molar-refractivity contribution is 9.10. The quantitative estimate of drug-likeness (QED) is 0.887. The van der Waals surface area contributed by atoms with E-state index in [9.17, 15) is 9.59 Å². The smallest absolute Gasteiger partial charge is 0.227 e. The molecule has 1 aromatic heterocycles. The van der Waals surface area contributed by atoms with E-state index in [0.717, 1.165) is 15.0 Å². The topological polar surface area (TPSA) is 49.4 Å². The molecule has 114 valence electrons. The SMILES string of the molecule is O=C(NCc1cccs1)C1CC(=O)N(c2ccccc2Br)C1. The minimum absolute atomic E-state index is 0.0110. The maximum Gasteiger partial charge on any atom is 0.227 e. The van der Waals surface area contributed by atoms with Crippen LogP contribution in [-0.4, -0.2) is 18.4 Å². The molecule has 6 heteroatoms. The lowest BCUT2D eigenvalue weighted by Crippen LogP contribution is -2.32. The molecule has 0 bridgehead atoms. The van der Waals surface area contributed by atoms with E-state index in [0.29, 0.717) is 13.1 Å². The van der Waals surface area contributed by atoms with Gasteiger partial charge in [0.15, 0.2) is 0 Å². The number of benzene rings is 1. The number of anilines is 1. The Balaban J connectivity index is 1.64. The van der Waals surface area contributed by atoms with Crippen molar-refractivity contribution in [3.8, 4) is 0 Å². The average Bonchev–Trinajstić information content (AvgIpc) is 3.15. The lowest BCUT2D eigenvalue weighted by molar-refractivity contribution is -0.126. The lowest BCUT2D eigenvalue weighted by atomic mass is 10.1. The van der Waals surface area contributed by atoms with Gasteiger partial charge >= 0.3 is 0 Å². The number of thiophene rings is 1. The summed E-state index contributed by atoms with van der Waals surface area (Å²) in [5, 5.41) is 4.90. The molecule has 1 aliphatic rings. The third-order valence-corrected chi connectivity index (χ3v) is 5.20. The van der Waals surface area contributed by atoms with E-state index < -0.39 is 0 Å². The van der Waals surface area contributed by atoms with Crippen LogP contribution in [0.5, 0.6) is 0 Å². The predicted molar refractivity (Wildman–Crippen MR) is 90.8 cm³/mol. The first-order chi connectivity index (χ1) is 10.6. The van der Waals surface area contributed by atoms with Crippen LogP contribution in [0.25, 0.3) is 0 Å². The van der Waals surface area contributed by atoms with Gasteiger partial charge in [0.05, 0.1) is 18.2 Å². The molecule has 1 unspecified atom stereocenters. The summed E-state index contributed by atoms with van der Waals surface area (Å²) in [5.74, 6) is -0.362. The Morgan fingerprint density at radius 1 is 1.32 bits per heavy atom. The van der Waals surface area contributed by atoms with E-state index in [-0.39, 0.29) is 24.2 Å². The van der Waals surface area contributed by atoms with Gasteiger partial charge in [-0.1, -0.05) is 18.2 Å². The van der Waals surface area contributed by atoms with Crippen molar-refractivity contribution in [2.24, 2.45) is 5.92 Å². The molecule has 0 aliphatic carbocycles. The zero-order valence-electron chi connectivity index (χ0n) is 11.8. The summed E-state index contributed by atoms with van der Waals surface area (Å²) in [6.45, 7) is 0.952. The summed E-state index contributed by atoms with van der Waals surface area (Å²) in [5.41, 5.74) is 0.820. The molecule has 2 amide bonds. The Morgan fingerprint density at radius 3 is 2.86 bits per heavy atom. The standard InChI is InChI=1S/C16H15BrN2O2S/c17-13-5-1-2-6-14(13)19-10-11(8-15(19)20)16(21)18-9-12-4-3-7-22-12/h1-7,11H,8-10H2,(H,18,21). The van der Waals surface area contributed by atoms with Crippen LogP contribution in [0.15, 0.2) is 46.3 Å². The van der Waals surface area contributed by atoms with Gasteiger partial charge in [0, 0.05) is 22.3 Å². The monoisotopic (exact) mass is 378 g/mol. The molecular formula is C16H15BrN2O2S. The van der Waals surface area contributed by atoms with Crippen molar-refractivity contribution in [2.45, 2.75) is 13.0 Å². The summed E-state index contributed by atoms with van der Waals surface area (Å²) in [4.78, 5) is 27.2. The molecule has 22 heavy (non-hydrogen) atoms. The molecule has 0 saturated carbocycles. The van der Waals surface area contributed by atoms with Crippen LogP contribution in [-0.2, 0) is 16.1 Å². The third kappa shape index (κ3) is 3.23. The Bertz CT molecular complexity index is 687. The van der Waals surface area contributed by atoms with Crippen LogP contribution in [0.2, 0.25) is 0 Å². The highest BCUT2D eigenvalue weighted by Gasteiger charge is 2.35. The molecule has 4 nitrogen and oxygen atoms in total. The minimum atomic E-state index is -0.292. The summed E-state index contributed by atoms with van der Waals surface area (Å²) < 4.78 is 0.864. The van der Waals surface area contributed by atoms with E-state index in [4.69, 9.17) is 0 Å². The molecular weight excluding hydrogens is 364 g/mol. The second kappa shape index (κ2) is 6.62. The first-order valence-corrected chi connectivity index (χ1v) is 8.67. The van der Waals surface area contributed by atoms with Crippen molar-refractivity contribution in [1.29, 1.82) is 0 Å². The second-order valence-corrected chi connectivity index (χ2v) is 7.04. The number of carbonyl (C=O) groups excluding carboxylic acids is 2. The van der Waals surface area contributed by atoms with Crippen molar-refractivity contribution in [3.05, 3.63) is 51.1 Å². The minimum Gasteiger partial charge on any atom is -0.351 e. The molecule has 2 heterocycles. The van der Waals surface area contributed by atoms with E-state index in [2.05, 4.69) is 21.2 Å². The molecule has 2 aromatic rings. The van der Waals surface area contributed by atoms with E-state index in [1.54, 1.807) is 16.2 Å². The fourth-order valence-corrected chi connectivity index (χ4v) is 3.66. The Hall–Kier alpha value is -1.66. The molecule has 0 spiro atoms. The molecule has 1 fully saturated rings. The van der Waals surface area contributed by atoms with Gasteiger partial charge in [0.25, 0.3) is 0 Å². The Morgan fingerprint density at radius 2 is 2.14 bits per heavy atom. The summed E-state index contributed by atoms with van der Waals surface area (Å²) in [6, 6.07) is 11.5. The van der Waals surface area contributed by atoms with E-state index in [1.807, 2.05) is 41.8 Å². The number of hydrogen-bond acceptors (Lipinski definition) is 3. The first-order valence-electron chi connectivity index (χ1n) is 7.00. The Labute approximate surface area is 141 Å². The normalized spacial score (nSPS) is 17.8. The van der Waals surface area contributed by atoms with E-state index >= 15 is 0 Å². The summed E-state index contributed by atoms with van der Waals surface area (Å²) >= 11 is 5.06. The van der Waals surface area contributed by atoms with Crippen molar-refractivity contribution < 1.29 is 9.59 Å². The third-order valence-electron chi connectivity index (χ3n) is 3.66. The molecule has 1 saturated heterocycles. The number of hydrogen-bond donors (Lipinski definition) is 1. The molecule has 1 aromatic carbocycles. The van der Waals surface area contributed by atoms with Gasteiger partial charge in [-0.2, -0.15) is 0 Å². The zero-order chi connectivity index (χ0) is 15.5. The van der Waals surface area contributed by atoms with Gasteiger partial charge in [-0.25, -0.2) is 0 Å². The van der Waals surface area contributed by atoms with Gasteiger partial charge in [-0.05, 0) is 39.5 Å². The molecule has 0 radical (unpaired) electrons. The maximum atomic E-state index is 12.3. The second-order valence-electron chi connectivity index (χ2n) is 5.15. The number of amides is 2. The van der Waals surface area contributed by atoms with Crippen molar-refractivity contribution >= 4 is 44.8 Å². The molecule has 3 rings (SSSR count). The number of carbonyl (C=O) groups is 2. The number of nitrogens with one attached hydrogen (secondary N) is 1. The lowest BCUT2D eigenvalue weighted by Gasteiger charge is -2.18. The number of halogens is 1. The van der Waals surface area contributed by atoms with Gasteiger partial charge < -0.3 is 10.2 Å². The molecule has 1 atom stereocenters. The highest BCUT2D eigenvalue weighted by atomic mass is 79.9. The number of para-hydroxylation sites is 1. The summed E-state index contributed by atoms with van der Waals surface area (Å²) in [7, 11) is 0. The molecule has 1 N–H and O–H groups in total. The van der Waals surface area contributed by atoms with Crippen LogP contribution < -0.4 is 10.2 Å². The fourth-order valence-electron chi connectivity index (χ4n) is 2.52. The van der Waals surface area contributed by atoms with Crippen LogP contribution in [0.1, 0.15) is 11.3 Å². The first kappa shape index (κ1) is 15.2.